The SMILES string of the molecule is O=S(=O)(CCCl)Nc1c(Br)cc(Br)cc1Br. The molecule has 0 radical (unpaired) electrons. The van der Waals surface area contributed by atoms with Gasteiger partial charge in [-0.1, -0.05) is 15.9 Å². The van der Waals surface area contributed by atoms with Crippen molar-refractivity contribution in [1.29, 1.82) is 0 Å². The fourth-order valence-corrected chi connectivity index (χ4v) is 5.11. The number of nitrogens with one attached hydrogen (secondary N) is 1. The zero-order chi connectivity index (χ0) is 12.3. The highest BCUT2D eigenvalue weighted by Crippen LogP contribution is 2.34. The summed E-state index contributed by atoms with van der Waals surface area (Å²) >= 11 is 15.3. The van der Waals surface area contributed by atoms with E-state index in [1.165, 1.54) is 0 Å². The quantitative estimate of drug-likeness (QED) is 0.698. The molecule has 90 valence electrons. The Morgan fingerprint density at radius 2 is 1.69 bits per heavy atom. The Morgan fingerprint density at radius 1 is 1.19 bits per heavy atom. The monoisotopic (exact) mass is 453 g/mol. The van der Waals surface area contributed by atoms with Crippen LogP contribution in [0.15, 0.2) is 25.6 Å². The second-order valence-electron chi connectivity index (χ2n) is 2.85. The zero-order valence-electron chi connectivity index (χ0n) is 7.81. The van der Waals surface area contributed by atoms with Crippen LogP contribution in [0.1, 0.15) is 0 Å². The molecule has 0 heterocycles. The van der Waals surface area contributed by atoms with E-state index in [0.29, 0.717) is 14.6 Å². The van der Waals surface area contributed by atoms with E-state index in [1.807, 2.05) is 0 Å². The Hall–Kier alpha value is 0.700. The molecule has 0 unspecified atom stereocenters. The Labute approximate surface area is 124 Å². The molecule has 0 spiro atoms. The Bertz CT molecular complexity index is 469. The third-order valence-corrected chi connectivity index (χ3v) is 4.99. The predicted octanol–water partition coefficient (Wildman–Crippen LogP) is 3.95. The summed E-state index contributed by atoms with van der Waals surface area (Å²) in [5, 5.41) is 0. The van der Waals surface area contributed by atoms with Crippen molar-refractivity contribution in [3.63, 3.8) is 0 Å². The summed E-state index contributed by atoms with van der Waals surface area (Å²) in [5.74, 6) is -0.0649. The van der Waals surface area contributed by atoms with E-state index in [0.717, 1.165) is 4.47 Å². The second-order valence-corrected chi connectivity index (χ2v) is 7.70. The average molecular weight is 456 g/mol. The Kier molecular flexibility index (Phi) is 5.57. The lowest BCUT2D eigenvalue weighted by Crippen LogP contribution is -2.18. The van der Waals surface area contributed by atoms with Crippen molar-refractivity contribution >= 4 is 75.1 Å². The Morgan fingerprint density at radius 3 is 2.12 bits per heavy atom. The molecule has 1 N–H and O–H groups in total. The maximum Gasteiger partial charge on any atom is 0.233 e. The van der Waals surface area contributed by atoms with Gasteiger partial charge in [-0.2, -0.15) is 0 Å². The molecule has 1 aromatic rings. The van der Waals surface area contributed by atoms with Gasteiger partial charge in [-0.25, -0.2) is 8.42 Å². The molecule has 1 aromatic carbocycles. The number of sulfonamides is 1. The summed E-state index contributed by atoms with van der Waals surface area (Å²) in [6, 6.07) is 3.51. The number of anilines is 1. The van der Waals surface area contributed by atoms with Gasteiger partial charge in [0.25, 0.3) is 0 Å². The van der Waals surface area contributed by atoms with Crippen molar-refractivity contribution in [3.05, 3.63) is 25.6 Å². The van der Waals surface area contributed by atoms with Gasteiger partial charge in [0.05, 0.1) is 11.4 Å². The molecule has 0 bridgehead atoms. The van der Waals surface area contributed by atoms with Crippen LogP contribution in [-0.2, 0) is 10.0 Å². The van der Waals surface area contributed by atoms with Crippen LogP contribution < -0.4 is 4.72 Å². The second kappa shape index (κ2) is 6.04. The molecule has 16 heavy (non-hydrogen) atoms. The smallest absolute Gasteiger partial charge is 0.233 e. The van der Waals surface area contributed by atoms with Crippen molar-refractivity contribution in [3.8, 4) is 0 Å². The Balaban J connectivity index is 3.07. The lowest BCUT2D eigenvalue weighted by molar-refractivity contribution is 0.602. The summed E-state index contributed by atoms with van der Waals surface area (Å²) < 4.78 is 27.7. The van der Waals surface area contributed by atoms with Gasteiger partial charge in [0.1, 0.15) is 0 Å². The first kappa shape index (κ1) is 14.8. The molecule has 0 atom stereocenters. The predicted molar refractivity (Wildman–Crippen MR) is 77.7 cm³/mol. The molecule has 0 aliphatic heterocycles. The van der Waals surface area contributed by atoms with Crippen molar-refractivity contribution in [2.24, 2.45) is 0 Å². The molecule has 0 aromatic heterocycles. The van der Waals surface area contributed by atoms with E-state index in [9.17, 15) is 8.42 Å². The van der Waals surface area contributed by atoms with Crippen molar-refractivity contribution < 1.29 is 8.42 Å². The summed E-state index contributed by atoms with van der Waals surface area (Å²) in [7, 11) is -3.40. The molecule has 3 nitrogen and oxygen atoms in total. The molecular formula is C8H7Br3ClNO2S. The van der Waals surface area contributed by atoms with Gasteiger partial charge in [-0.15, -0.1) is 11.6 Å². The third kappa shape index (κ3) is 4.18. The minimum Gasteiger partial charge on any atom is -0.281 e. The lowest BCUT2D eigenvalue weighted by Gasteiger charge is -2.11. The van der Waals surface area contributed by atoms with Crippen LogP contribution in [-0.4, -0.2) is 20.1 Å². The van der Waals surface area contributed by atoms with E-state index in [-0.39, 0.29) is 11.6 Å². The molecular weight excluding hydrogens is 449 g/mol. The van der Waals surface area contributed by atoms with Crippen LogP contribution >= 0.6 is 59.4 Å². The van der Waals surface area contributed by atoms with E-state index < -0.39 is 10.0 Å². The van der Waals surface area contributed by atoms with Gasteiger partial charge in [-0.3, -0.25) is 4.72 Å². The van der Waals surface area contributed by atoms with Gasteiger partial charge in [0.2, 0.25) is 10.0 Å². The maximum absolute atomic E-state index is 11.5. The highest BCUT2D eigenvalue weighted by atomic mass is 79.9. The fraction of sp³-hybridized carbons (Fsp3) is 0.250. The third-order valence-electron chi connectivity index (χ3n) is 1.61. The van der Waals surface area contributed by atoms with Crippen LogP contribution in [0.4, 0.5) is 5.69 Å². The minimum atomic E-state index is -3.40. The van der Waals surface area contributed by atoms with E-state index in [1.54, 1.807) is 12.1 Å². The largest absolute Gasteiger partial charge is 0.281 e. The first-order valence-electron chi connectivity index (χ1n) is 4.07. The summed E-state index contributed by atoms with van der Waals surface area (Å²) in [5.41, 5.74) is 0.466. The van der Waals surface area contributed by atoms with Crippen molar-refractivity contribution in [1.82, 2.24) is 0 Å². The molecule has 0 saturated heterocycles. The highest BCUT2D eigenvalue weighted by Gasteiger charge is 2.14. The fourth-order valence-electron chi connectivity index (χ4n) is 0.948. The van der Waals surface area contributed by atoms with Crippen molar-refractivity contribution in [2.45, 2.75) is 0 Å². The van der Waals surface area contributed by atoms with Crippen LogP contribution in [0.2, 0.25) is 0 Å². The summed E-state index contributed by atoms with van der Waals surface area (Å²) in [6.07, 6.45) is 0. The summed E-state index contributed by atoms with van der Waals surface area (Å²) in [4.78, 5) is 0. The number of benzene rings is 1. The van der Waals surface area contributed by atoms with Crippen LogP contribution in [0.5, 0.6) is 0 Å². The van der Waals surface area contributed by atoms with Gasteiger partial charge in [-0.05, 0) is 44.0 Å². The first-order chi connectivity index (χ1) is 7.35. The number of halogens is 4. The molecule has 0 fully saturated rings. The number of hydrogen-bond acceptors (Lipinski definition) is 2. The van der Waals surface area contributed by atoms with E-state index >= 15 is 0 Å². The lowest BCUT2D eigenvalue weighted by atomic mass is 10.3. The van der Waals surface area contributed by atoms with Gasteiger partial charge >= 0.3 is 0 Å². The molecule has 0 aliphatic rings. The highest BCUT2D eigenvalue weighted by molar-refractivity contribution is 9.11. The maximum atomic E-state index is 11.5. The molecule has 0 aliphatic carbocycles. The molecule has 0 amide bonds. The summed E-state index contributed by atoms with van der Waals surface area (Å²) in [6.45, 7) is 0. The molecule has 8 heteroatoms. The van der Waals surface area contributed by atoms with Gasteiger partial charge in [0.15, 0.2) is 0 Å². The van der Waals surface area contributed by atoms with Crippen molar-refractivity contribution in [2.75, 3.05) is 16.4 Å². The minimum absolute atomic E-state index is 0.0566. The van der Waals surface area contributed by atoms with Gasteiger partial charge in [0, 0.05) is 19.3 Å². The number of hydrogen-bond donors (Lipinski definition) is 1. The number of rotatable bonds is 4. The van der Waals surface area contributed by atoms with Crippen LogP contribution in [0.25, 0.3) is 0 Å². The van der Waals surface area contributed by atoms with Gasteiger partial charge < -0.3 is 0 Å². The van der Waals surface area contributed by atoms with Crippen LogP contribution in [0.3, 0.4) is 0 Å². The van der Waals surface area contributed by atoms with Crippen LogP contribution in [0, 0.1) is 0 Å². The first-order valence-corrected chi connectivity index (χ1v) is 8.63. The van der Waals surface area contributed by atoms with E-state index in [2.05, 4.69) is 52.5 Å². The molecule has 1 rings (SSSR count). The topological polar surface area (TPSA) is 46.2 Å². The number of alkyl halides is 1. The normalized spacial score (nSPS) is 11.5. The zero-order valence-corrected chi connectivity index (χ0v) is 14.1. The standard InChI is InChI=1S/C8H7Br3ClNO2S/c9-5-3-6(10)8(7(11)4-5)13-16(14,15)2-1-12/h3-4,13H,1-2H2. The average Bonchev–Trinajstić information content (AvgIpc) is 2.11. The molecule has 0 saturated carbocycles. The van der Waals surface area contributed by atoms with E-state index in [4.69, 9.17) is 11.6 Å².